The predicted molar refractivity (Wildman–Crippen MR) is 72.5 cm³/mol. The predicted octanol–water partition coefficient (Wildman–Crippen LogP) is 1.66. The number of nitrogens with one attached hydrogen (secondary N) is 1. The summed E-state index contributed by atoms with van der Waals surface area (Å²) in [6, 6.07) is 7.63. The van der Waals surface area contributed by atoms with Crippen molar-refractivity contribution in [3.63, 3.8) is 0 Å². The van der Waals surface area contributed by atoms with Crippen LogP contribution in [0.4, 0.5) is 0 Å². The summed E-state index contributed by atoms with van der Waals surface area (Å²) < 4.78 is 0. The summed E-state index contributed by atoms with van der Waals surface area (Å²) in [4.78, 5) is 4.12. The molecule has 0 aliphatic rings. The quantitative estimate of drug-likeness (QED) is 0.546. The fourth-order valence-electron chi connectivity index (χ4n) is 1.15. The molecule has 0 aliphatic carbocycles. The van der Waals surface area contributed by atoms with Gasteiger partial charge in [0.25, 0.3) is 0 Å². The average Bonchev–Trinajstić information content (AvgIpc) is 2.29. The van der Waals surface area contributed by atoms with Crippen LogP contribution in [-0.2, 0) is 0 Å². The standard InChI is InChI=1S/C13H20N4/c1-9-4-6-10(7-5-9)11(15)17-12(16)13(2,3)8-14/h4-7H,8,14H2,1-3H3,(H3,15,16,17). The summed E-state index contributed by atoms with van der Waals surface area (Å²) in [7, 11) is 0. The first-order chi connectivity index (χ1) is 7.86. The average molecular weight is 232 g/mol. The molecule has 1 aromatic rings. The van der Waals surface area contributed by atoms with Crippen molar-refractivity contribution in [3.05, 3.63) is 35.4 Å². The highest BCUT2D eigenvalue weighted by molar-refractivity contribution is 6.05. The molecule has 0 amide bonds. The molecule has 0 radical (unpaired) electrons. The summed E-state index contributed by atoms with van der Waals surface area (Å²) in [5, 5.41) is 7.88. The third-order valence-electron chi connectivity index (χ3n) is 2.76. The zero-order valence-electron chi connectivity index (χ0n) is 10.6. The van der Waals surface area contributed by atoms with E-state index in [0.29, 0.717) is 12.4 Å². The van der Waals surface area contributed by atoms with Crippen LogP contribution in [0.15, 0.2) is 29.3 Å². The molecule has 0 saturated heterocycles. The molecule has 0 unspecified atom stereocenters. The summed E-state index contributed by atoms with van der Waals surface area (Å²) in [5.41, 5.74) is 13.0. The number of rotatable bonds is 3. The van der Waals surface area contributed by atoms with Crippen LogP contribution in [0.3, 0.4) is 0 Å². The number of benzene rings is 1. The lowest BCUT2D eigenvalue weighted by Crippen LogP contribution is -2.38. The van der Waals surface area contributed by atoms with Gasteiger partial charge in [0.15, 0.2) is 5.84 Å². The molecule has 92 valence electrons. The number of hydrogen-bond donors (Lipinski definition) is 3. The van der Waals surface area contributed by atoms with Crippen LogP contribution in [0, 0.1) is 17.7 Å². The fourth-order valence-corrected chi connectivity index (χ4v) is 1.15. The topological polar surface area (TPSA) is 88.2 Å². The summed E-state index contributed by atoms with van der Waals surface area (Å²) >= 11 is 0. The molecule has 4 heteroatoms. The van der Waals surface area contributed by atoms with Crippen LogP contribution in [0.5, 0.6) is 0 Å². The van der Waals surface area contributed by atoms with Crippen LogP contribution < -0.4 is 11.5 Å². The maximum atomic E-state index is 7.88. The van der Waals surface area contributed by atoms with Crippen LogP contribution in [0.25, 0.3) is 0 Å². The number of nitrogens with two attached hydrogens (primary N) is 2. The molecule has 1 aromatic carbocycles. The Morgan fingerprint density at radius 3 is 2.29 bits per heavy atom. The Morgan fingerprint density at radius 1 is 1.29 bits per heavy atom. The van der Waals surface area contributed by atoms with Crippen molar-refractivity contribution >= 4 is 11.7 Å². The van der Waals surface area contributed by atoms with Crippen molar-refractivity contribution in [2.24, 2.45) is 21.9 Å². The highest BCUT2D eigenvalue weighted by atomic mass is 14.9. The van der Waals surface area contributed by atoms with E-state index < -0.39 is 0 Å². The zero-order chi connectivity index (χ0) is 13.1. The molecular weight excluding hydrogens is 212 g/mol. The zero-order valence-corrected chi connectivity index (χ0v) is 10.6. The monoisotopic (exact) mass is 232 g/mol. The second-order valence-corrected chi connectivity index (χ2v) is 4.80. The molecule has 5 N–H and O–H groups in total. The summed E-state index contributed by atoms with van der Waals surface area (Å²) in [5.74, 6) is 0.564. The Kier molecular flexibility index (Phi) is 4.02. The van der Waals surface area contributed by atoms with Gasteiger partial charge in [-0.25, -0.2) is 4.99 Å². The van der Waals surface area contributed by atoms with Gasteiger partial charge in [0.05, 0.1) is 0 Å². The Bertz CT molecular complexity index is 429. The van der Waals surface area contributed by atoms with E-state index in [-0.39, 0.29) is 11.3 Å². The van der Waals surface area contributed by atoms with Crippen LogP contribution in [0.1, 0.15) is 25.0 Å². The third kappa shape index (κ3) is 3.39. The van der Waals surface area contributed by atoms with Gasteiger partial charge in [0.2, 0.25) is 0 Å². The molecule has 0 heterocycles. The molecule has 0 fully saturated rings. The number of hydrogen-bond acceptors (Lipinski definition) is 2. The van der Waals surface area contributed by atoms with E-state index in [9.17, 15) is 0 Å². The largest absolute Gasteiger partial charge is 0.387 e. The van der Waals surface area contributed by atoms with Gasteiger partial charge in [0.1, 0.15) is 5.84 Å². The van der Waals surface area contributed by atoms with Gasteiger partial charge in [-0.1, -0.05) is 43.7 Å². The van der Waals surface area contributed by atoms with Crippen molar-refractivity contribution in [2.75, 3.05) is 6.54 Å². The second kappa shape index (κ2) is 5.10. The van der Waals surface area contributed by atoms with Gasteiger partial charge in [-0.2, -0.15) is 0 Å². The van der Waals surface area contributed by atoms with Crippen LogP contribution in [0.2, 0.25) is 0 Å². The molecule has 0 bridgehead atoms. The minimum absolute atomic E-state index is 0.170. The normalized spacial score (nSPS) is 12.6. The molecule has 0 spiro atoms. The third-order valence-corrected chi connectivity index (χ3v) is 2.76. The smallest absolute Gasteiger partial charge is 0.153 e. The summed E-state index contributed by atoms with van der Waals surface area (Å²) in [6.45, 7) is 6.23. The van der Waals surface area contributed by atoms with Gasteiger partial charge in [-0.15, -0.1) is 0 Å². The van der Waals surface area contributed by atoms with Gasteiger partial charge >= 0.3 is 0 Å². The van der Waals surface area contributed by atoms with E-state index in [2.05, 4.69) is 4.99 Å². The van der Waals surface area contributed by atoms with Crippen molar-refractivity contribution in [2.45, 2.75) is 20.8 Å². The Labute approximate surface area is 102 Å². The maximum absolute atomic E-state index is 7.88. The van der Waals surface area contributed by atoms with Gasteiger partial charge in [-0.05, 0) is 6.92 Å². The molecular formula is C13H20N4. The molecule has 17 heavy (non-hydrogen) atoms. The van der Waals surface area contributed by atoms with Crippen LogP contribution in [-0.4, -0.2) is 18.2 Å². The minimum atomic E-state index is -0.378. The molecule has 0 aliphatic heterocycles. The highest BCUT2D eigenvalue weighted by Crippen LogP contribution is 2.13. The van der Waals surface area contributed by atoms with Gasteiger partial charge in [-0.3, -0.25) is 5.41 Å². The number of nitrogens with zero attached hydrogens (tertiary/aromatic N) is 1. The van der Waals surface area contributed by atoms with Crippen molar-refractivity contribution in [3.8, 4) is 0 Å². The van der Waals surface area contributed by atoms with Crippen molar-refractivity contribution < 1.29 is 0 Å². The number of amidine groups is 2. The lowest BCUT2D eigenvalue weighted by Gasteiger charge is -2.21. The lowest BCUT2D eigenvalue weighted by molar-refractivity contribution is 0.533. The first kappa shape index (κ1) is 13.4. The molecule has 1 rings (SSSR count). The van der Waals surface area contributed by atoms with E-state index in [1.165, 1.54) is 0 Å². The Balaban J connectivity index is 2.92. The first-order valence-corrected chi connectivity index (χ1v) is 5.57. The summed E-state index contributed by atoms with van der Waals surface area (Å²) in [6.07, 6.45) is 0. The lowest BCUT2D eigenvalue weighted by atomic mass is 9.92. The van der Waals surface area contributed by atoms with E-state index in [1.54, 1.807) is 0 Å². The van der Waals surface area contributed by atoms with Crippen LogP contribution >= 0.6 is 0 Å². The second-order valence-electron chi connectivity index (χ2n) is 4.80. The first-order valence-electron chi connectivity index (χ1n) is 5.57. The van der Waals surface area contributed by atoms with Gasteiger partial charge in [0, 0.05) is 17.5 Å². The SMILES string of the molecule is Cc1ccc(C(=N)N=C(N)C(C)(C)CN)cc1. The van der Waals surface area contributed by atoms with E-state index in [0.717, 1.165) is 11.1 Å². The highest BCUT2D eigenvalue weighted by Gasteiger charge is 2.21. The van der Waals surface area contributed by atoms with E-state index in [4.69, 9.17) is 16.9 Å². The van der Waals surface area contributed by atoms with E-state index >= 15 is 0 Å². The minimum Gasteiger partial charge on any atom is -0.387 e. The Hall–Kier alpha value is -1.68. The maximum Gasteiger partial charge on any atom is 0.153 e. The van der Waals surface area contributed by atoms with Gasteiger partial charge < -0.3 is 11.5 Å². The fraction of sp³-hybridized carbons (Fsp3) is 0.385. The van der Waals surface area contributed by atoms with Crippen molar-refractivity contribution in [1.82, 2.24) is 0 Å². The molecule has 0 atom stereocenters. The molecule has 0 saturated carbocycles. The Morgan fingerprint density at radius 2 is 1.82 bits per heavy atom. The van der Waals surface area contributed by atoms with Crippen molar-refractivity contribution in [1.29, 1.82) is 5.41 Å². The molecule has 4 nitrogen and oxygen atoms in total. The molecule has 0 aromatic heterocycles. The van der Waals surface area contributed by atoms with E-state index in [1.807, 2.05) is 45.0 Å². The number of aryl methyl sites for hydroxylation is 1. The number of aliphatic imine (C=N–C) groups is 1.